The lowest BCUT2D eigenvalue weighted by Crippen LogP contribution is -2.45. The lowest BCUT2D eigenvalue weighted by molar-refractivity contribution is -0.132. The number of carbonyl (C=O) groups is 1. The molecule has 2 fully saturated rings. The van der Waals surface area contributed by atoms with Gasteiger partial charge in [0.15, 0.2) is 0 Å². The first-order valence-electron chi connectivity index (χ1n) is 8.98. The average molecular weight is 348 g/mol. The number of amides is 1. The number of aliphatic hydroxyl groups excluding tert-OH is 1. The number of hydrogen-bond donors (Lipinski definition) is 1. The molecule has 2 aliphatic rings. The summed E-state index contributed by atoms with van der Waals surface area (Å²) >= 11 is 0. The van der Waals surface area contributed by atoms with Crippen molar-refractivity contribution in [2.45, 2.75) is 25.1 Å². The van der Waals surface area contributed by atoms with Crippen LogP contribution in [-0.4, -0.2) is 95.8 Å². The molecule has 2 aliphatic heterocycles. The van der Waals surface area contributed by atoms with Crippen LogP contribution in [0.5, 0.6) is 0 Å². The predicted octanol–water partition coefficient (Wildman–Crippen LogP) is -0.193. The molecule has 3 rings (SSSR count). The smallest absolute Gasteiger partial charge is 0.236 e. The van der Waals surface area contributed by atoms with Crippen molar-refractivity contribution in [3.8, 4) is 0 Å². The number of carbonyl (C=O) groups excluding carboxylic acids is 1. The fourth-order valence-corrected chi connectivity index (χ4v) is 3.59. The normalized spacial score (nSPS) is 25.3. The van der Waals surface area contributed by atoms with Crippen molar-refractivity contribution in [1.82, 2.24) is 19.7 Å². The van der Waals surface area contributed by atoms with Crippen LogP contribution in [0.25, 0.3) is 0 Å². The highest BCUT2D eigenvalue weighted by molar-refractivity contribution is 5.78. The second kappa shape index (κ2) is 8.71. The first kappa shape index (κ1) is 18.3. The molecule has 1 aromatic rings. The van der Waals surface area contributed by atoms with Gasteiger partial charge in [-0.05, 0) is 31.2 Å². The second-order valence-electron chi connectivity index (χ2n) is 6.97. The fourth-order valence-electron chi connectivity index (χ4n) is 3.59. The van der Waals surface area contributed by atoms with Gasteiger partial charge < -0.3 is 14.7 Å². The van der Waals surface area contributed by atoms with Crippen LogP contribution in [0.15, 0.2) is 24.5 Å². The molecule has 7 nitrogen and oxygen atoms in total. The van der Waals surface area contributed by atoms with E-state index in [1.807, 2.05) is 29.0 Å². The molecule has 2 atom stereocenters. The predicted molar refractivity (Wildman–Crippen MR) is 94.0 cm³/mol. The Morgan fingerprint density at radius 2 is 2.08 bits per heavy atom. The van der Waals surface area contributed by atoms with Crippen LogP contribution < -0.4 is 0 Å². The summed E-state index contributed by atoms with van der Waals surface area (Å²) in [5.41, 5.74) is 1.16. The van der Waals surface area contributed by atoms with Gasteiger partial charge in [-0.1, -0.05) is 0 Å². The third kappa shape index (κ3) is 4.98. The zero-order valence-corrected chi connectivity index (χ0v) is 14.9. The first-order chi connectivity index (χ1) is 12.1. The molecule has 0 aliphatic carbocycles. The van der Waals surface area contributed by atoms with Crippen molar-refractivity contribution in [1.29, 1.82) is 0 Å². The van der Waals surface area contributed by atoms with Crippen LogP contribution in [0.2, 0.25) is 0 Å². The van der Waals surface area contributed by atoms with Crippen LogP contribution in [0, 0.1) is 0 Å². The molecule has 3 heterocycles. The van der Waals surface area contributed by atoms with E-state index in [-0.39, 0.29) is 11.9 Å². The Labute approximate surface area is 149 Å². The molecule has 138 valence electrons. The summed E-state index contributed by atoms with van der Waals surface area (Å²) in [6.07, 6.45) is 4.07. The minimum atomic E-state index is -0.409. The SMILES string of the molecule is CN(CC(=O)N1CCCN([C@H]2COC[C@@H]2O)CC1)Cc1ccncc1. The van der Waals surface area contributed by atoms with E-state index in [1.165, 1.54) is 0 Å². The topological polar surface area (TPSA) is 69.1 Å². The highest BCUT2D eigenvalue weighted by atomic mass is 16.5. The quantitative estimate of drug-likeness (QED) is 0.795. The maximum Gasteiger partial charge on any atom is 0.236 e. The summed E-state index contributed by atoms with van der Waals surface area (Å²) in [6, 6.07) is 4.02. The maximum atomic E-state index is 12.6. The Morgan fingerprint density at radius 3 is 2.80 bits per heavy atom. The van der Waals surface area contributed by atoms with Gasteiger partial charge in [-0.2, -0.15) is 0 Å². The van der Waals surface area contributed by atoms with Crippen molar-refractivity contribution in [3.63, 3.8) is 0 Å². The number of aromatic nitrogens is 1. The van der Waals surface area contributed by atoms with Gasteiger partial charge in [0.25, 0.3) is 0 Å². The summed E-state index contributed by atoms with van der Waals surface area (Å²) in [5.74, 6) is 0.168. The molecule has 7 heteroatoms. The van der Waals surface area contributed by atoms with Gasteiger partial charge in [0, 0.05) is 45.1 Å². The molecule has 25 heavy (non-hydrogen) atoms. The van der Waals surface area contributed by atoms with Gasteiger partial charge in [0.2, 0.25) is 5.91 Å². The molecule has 0 spiro atoms. The summed E-state index contributed by atoms with van der Waals surface area (Å²) in [4.78, 5) is 22.9. The minimum absolute atomic E-state index is 0.0735. The lowest BCUT2D eigenvalue weighted by Gasteiger charge is -2.28. The average Bonchev–Trinajstić information content (AvgIpc) is 2.88. The van der Waals surface area contributed by atoms with Crippen molar-refractivity contribution in [2.75, 3.05) is 53.0 Å². The van der Waals surface area contributed by atoms with Crippen LogP contribution in [0.3, 0.4) is 0 Å². The van der Waals surface area contributed by atoms with E-state index >= 15 is 0 Å². The van der Waals surface area contributed by atoms with E-state index in [4.69, 9.17) is 4.74 Å². The Morgan fingerprint density at radius 1 is 1.28 bits per heavy atom. The number of pyridine rings is 1. The number of rotatable bonds is 5. The van der Waals surface area contributed by atoms with Gasteiger partial charge in [0.1, 0.15) is 0 Å². The highest BCUT2D eigenvalue weighted by Gasteiger charge is 2.33. The molecule has 1 N–H and O–H groups in total. The Bertz CT molecular complexity index is 557. The van der Waals surface area contributed by atoms with Crippen LogP contribution in [-0.2, 0) is 16.1 Å². The van der Waals surface area contributed by atoms with Crippen LogP contribution in [0.1, 0.15) is 12.0 Å². The van der Waals surface area contributed by atoms with E-state index in [0.717, 1.165) is 38.2 Å². The summed E-state index contributed by atoms with van der Waals surface area (Å²) < 4.78 is 5.36. The Kier molecular flexibility index (Phi) is 6.36. The minimum Gasteiger partial charge on any atom is -0.389 e. The summed E-state index contributed by atoms with van der Waals surface area (Å²) in [7, 11) is 1.97. The van der Waals surface area contributed by atoms with Gasteiger partial charge >= 0.3 is 0 Å². The molecule has 0 radical (unpaired) electrons. The lowest BCUT2D eigenvalue weighted by atomic mass is 10.2. The third-order valence-electron chi connectivity index (χ3n) is 4.98. The number of hydrogen-bond acceptors (Lipinski definition) is 6. The van der Waals surface area contributed by atoms with Crippen molar-refractivity contribution < 1.29 is 14.6 Å². The number of aliphatic hydroxyl groups is 1. The van der Waals surface area contributed by atoms with E-state index in [9.17, 15) is 9.90 Å². The largest absolute Gasteiger partial charge is 0.389 e. The fraction of sp³-hybridized carbons (Fsp3) is 0.667. The molecular weight excluding hydrogens is 320 g/mol. The van der Waals surface area contributed by atoms with Gasteiger partial charge in [-0.15, -0.1) is 0 Å². The number of nitrogens with zero attached hydrogens (tertiary/aromatic N) is 4. The maximum absolute atomic E-state index is 12.6. The van der Waals surface area contributed by atoms with E-state index in [2.05, 4.69) is 9.88 Å². The van der Waals surface area contributed by atoms with Crippen LogP contribution >= 0.6 is 0 Å². The van der Waals surface area contributed by atoms with Crippen LogP contribution in [0.4, 0.5) is 0 Å². The molecule has 0 bridgehead atoms. The second-order valence-corrected chi connectivity index (χ2v) is 6.97. The van der Waals surface area contributed by atoms with Crippen molar-refractivity contribution >= 4 is 5.91 Å². The Hall–Kier alpha value is -1.54. The van der Waals surface area contributed by atoms with Crippen molar-refractivity contribution in [2.24, 2.45) is 0 Å². The molecule has 2 saturated heterocycles. The van der Waals surface area contributed by atoms with Gasteiger partial charge in [0.05, 0.1) is 31.9 Å². The van der Waals surface area contributed by atoms with Crippen molar-refractivity contribution in [3.05, 3.63) is 30.1 Å². The molecule has 0 aromatic carbocycles. The molecule has 1 amide bonds. The zero-order valence-electron chi connectivity index (χ0n) is 14.9. The van der Waals surface area contributed by atoms with Gasteiger partial charge in [-0.3, -0.25) is 19.6 Å². The Balaban J connectivity index is 1.47. The van der Waals surface area contributed by atoms with E-state index in [0.29, 0.717) is 26.3 Å². The first-order valence-corrected chi connectivity index (χ1v) is 8.98. The number of likely N-dealkylation sites (N-methyl/N-ethyl adjacent to an activating group) is 1. The number of ether oxygens (including phenoxy) is 1. The monoisotopic (exact) mass is 348 g/mol. The summed E-state index contributed by atoms with van der Waals surface area (Å²) in [5, 5.41) is 10.0. The zero-order chi connectivity index (χ0) is 17.6. The molecule has 0 unspecified atom stereocenters. The van der Waals surface area contributed by atoms with Gasteiger partial charge in [-0.25, -0.2) is 0 Å². The highest BCUT2D eigenvalue weighted by Crippen LogP contribution is 2.16. The standard InChI is InChI=1S/C18H28N4O3/c1-20(11-15-3-5-19-6-4-15)12-18(24)22-8-2-7-21(9-10-22)16-13-25-14-17(16)23/h3-6,16-17,23H,2,7-14H2,1H3/t16-,17-/m0/s1. The van der Waals surface area contributed by atoms with E-state index in [1.54, 1.807) is 12.4 Å². The summed E-state index contributed by atoms with van der Waals surface area (Å²) in [6.45, 7) is 5.35. The molecule has 1 aromatic heterocycles. The molecular formula is C18H28N4O3. The van der Waals surface area contributed by atoms with E-state index < -0.39 is 6.10 Å². The molecule has 0 saturated carbocycles. The third-order valence-corrected chi connectivity index (χ3v) is 4.98.